The predicted molar refractivity (Wildman–Crippen MR) is 127 cm³/mol. The highest BCUT2D eigenvalue weighted by Gasteiger charge is 2.28. The van der Waals surface area contributed by atoms with E-state index in [1.165, 1.54) is 32.1 Å². The fourth-order valence-electron chi connectivity index (χ4n) is 4.06. The van der Waals surface area contributed by atoms with Crippen LogP contribution in [0.2, 0.25) is 0 Å². The van der Waals surface area contributed by atoms with Gasteiger partial charge in [-0.25, -0.2) is 0 Å². The first-order chi connectivity index (χ1) is 13.7. The standard InChI is InChI=1S/C25H43O3P/c1-8-9-10-11-12-13-17-29(19-20(2)18-25(3,4)5)24(26)23-21(27-6)15-14-16-22(23)28-7/h14-16,20H,8-13,17-19H2,1-7H3. The minimum atomic E-state index is -0.758. The van der Waals surface area contributed by atoms with Crippen LogP contribution in [-0.4, -0.2) is 32.1 Å². The highest BCUT2D eigenvalue weighted by atomic mass is 31.1. The number of carbonyl (C=O) groups excluding carboxylic acids is 1. The van der Waals surface area contributed by atoms with Gasteiger partial charge in [-0.2, -0.15) is 0 Å². The van der Waals surface area contributed by atoms with E-state index in [-0.39, 0.29) is 10.9 Å². The van der Waals surface area contributed by atoms with E-state index < -0.39 is 7.92 Å². The molecule has 0 aliphatic rings. The summed E-state index contributed by atoms with van der Waals surface area (Å²) >= 11 is 0. The summed E-state index contributed by atoms with van der Waals surface area (Å²) in [7, 11) is 2.50. The van der Waals surface area contributed by atoms with Gasteiger partial charge >= 0.3 is 0 Å². The Hall–Kier alpha value is -1.08. The van der Waals surface area contributed by atoms with Gasteiger partial charge in [-0.1, -0.05) is 72.8 Å². The van der Waals surface area contributed by atoms with Crippen molar-refractivity contribution in [3.8, 4) is 11.5 Å². The van der Waals surface area contributed by atoms with Crippen molar-refractivity contribution in [2.45, 2.75) is 79.6 Å². The van der Waals surface area contributed by atoms with Crippen molar-refractivity contribution in [2.24, 2.45) is 11.3 Å². The van der Waals surface area contributed by atoms with E-state index in [1.807, 2.05) is 18.2 Å². The second-order valence-corrected chi connectivity index (χ2v) is 11.7. The molecule has 29 heavy (non-hydrogen) atoms. The van der Waals surface area contributed by atoms with Crippen LogP contribution in [-0.2, 0) is 0 Å². The van der Waals surface area contributed by atoms with Gasteiger partial charge in [-0.3, -0.25) is 4.79 Å². The second-order valence-electron chi connectivity index (χ2n) is 9.43. The maximum Gasteiger partial charge on any atom is 0.191 e. The lowest BCUT2D eigenvalue weighted by Crippen LogP contribution is -2.16. The number of rotatable bonds is 14. The molecule has 1 rings (SSSR count). The zero-order valence-corrected chi connectivity index (χ0v) is 20.7. The van der Waals surface area contributed by atoms with E-state index in [0.29, 0.717) is 23.0 Å². The molecule has 0 N–H and O–H groups in total. The number of methoxy groups -OCH3 is 2. The zero-order chi connectivity index (χ0) is 21.9. The van der Waals surface area contributed by atoms with Gasteiger partial charge in [0.05, 0.1) is 14.2 Å². The van der Waals surface area contributed by atoms with Crippen LogP contribution in [0.15, 0.2) is 18.2 Å². The van der Waals surface area contributed by atoms with Crippen LogP contribution in [0.5, 0.6) is 11.5 Å². The molecule has 0 saturated heterocycles. The molecule has 1 aromatic carbocycles. The average Bonchev–Trinajstić information content (AvgIpc) is 2.66. The van der Waals surface area contributed by atoms with Gasteiger partial charge in [0.2, 0.25) is 0 Å². The van der Waals surface area contributed by atoms with E-state index in [9.17, 15) is 4.79 Å². The SMILES string of the molecule is CCCCCCCCP(CC(C)CC(C)(C)C)C(=O)c1c(OC)cccc1OC. The van der Waals surface area contributed by atoms with Crippen LogP contribution in [0.1, 0.15) is 89.9 Å². The molecule has 0 bridgehead atoms. The molecule has 0 saturated carbocycles. The first kappa shape index (κ1) is 26.0. The fourth-order valence-corrected chi connectivity index (χ4v) is 6.64. The lowest BCUT2D eigenvalue weighted by molar-refractivity contribution is 0.107. The Morgan fingerprint density at radius 1 is 1.00 bits per heavy atom. The van der Waals surface area contributed by atoms with Crippen molar-refractivity contribution >= 4 is 13.4 Å². The molecule has 0 heterocycles. The summed E-state index contributed by atoms with van der Waals surface area (Å²) in [6.07, 6.45) is 10.7. The first-order valence-electron chi connectivity index (χ1n) is 11.2. The lowest BCUT2D eigenvalue weighted by atomic mass is 9.86. The Balaban J connectivity index is 2.95. The van der Waals surface area contributed by atoms with Gasteiger partial charge in [0.25, 0.3) is 0 Å². The third kappa shape index (κ3) is 9.51. The smallest absolute Gasteiger partial charge is 0.191 e. The number of unbranched alkanes of at least 4 members (excludes halogenated alkanes) is 5. The Labute approximate surface area is 180 Å². The molecule has 0 fully saturated rings. The molecular weight excluding hydrogens is 379 g/mol. The molecule has 2 atom stereocenters. The van der Waals surface area contributed by atoms with Gasteiger partial charge in [0.15, 0.2) is 5.52 Å². The van der Waals surface area contributed by atoms with Crippen LogP contribution in [0.25, 0.3) is 0 Å². The molecule has 4 heteroatoms. The molecule has 0 aliphatic carbocycles. The minimum Gasteiger partial charge on any atom is -0.496 e. The topological polar surface area (TPSA) is 35.5 Å². The zero-order valence-electron chi connectivity index (χ0n) is 19.8. The van der Waals surface area contributed by atoms with Crippen LogP contribution >= 0.6 is 7.92 Å². The summed E-state index contributed by atoms with van der Waals surface area (Å²) in [5.41, 5.74) is 1.16. The van der Waals surface area contributed by atoms with E-state index in [4.69, 9.17) is 9.47 Å². The Bertz CT molecular complexity index is 584. The lowest BCUT2D eigenvalue weighted by Gasteiger charge is -2.27. The number of benzene rings is 1. The summed E-state index contributed by atoms with van der Waals surface area (Å²) < 4.78 is 11.0. The number of hydrogen-bond donors (Lipinski definition) is 0. The van der Waals surface area contributed by atoms with Crippen molar-refractivity contribution < 1.29 is 14.3 Å². The number of hydrogen-bond acceptors (Lipinski definition) is 3. The third-order valence-corrected chi connectivity index (χ3v) is 7.92. The van der Waals surface area contributed by atoms with Crippen molar-refractivity contribution in [2.75, 3.05) is 26.5 Å². The maximum absolute atomic E-state index is 13.6. The molecule has 0 spiro atoms. The summed E-state index contributed by atoms with van der Waals surface area (Å²) in [5, 5.41) is 0. The highest BCUT2D eigenvalue weighted by Crippen LogP contribution is 2.48. The normalized spacial score (nSPS) is 13.8. The number of ether oxygens (including phenoxy) is 2. The molecule has 0 radical (unpaired) electrons. The summed E-state index contributed by atoms with van der Waals surface area (Å²) in [6, 6.07) is 5.62. The Morgan fingerprint density at radius 2 is 1.55 bits per heavy atom. The molecule has 0 aromatic heterocycles. The van der Waals surface area contributed by atoms with Crippen molar-refractivity contribution in [3.05, 3.63) is 23.8 Å². The third-order valence-electron chi connectivity index (χ3n) is 5.20. The number of carbonyl (C=O) groups is 1. The molecular formula is C25H43O3P. The molecule has 1 aromatic rings. The summed E-state index contributed by atoms with van der Waals surface area (Å²) in [6.45, 7) is 11.4. The van der Waals surface area contributed by atoms with Crippen molar-refractivity contribution in [1.29, 1.82) is 0 Å². The first-order valence-corrected chi connectivity index (χ1v) is 12.9. The van der Waals surface area contributed by atoms with Gasteiger partial charge in [0.1, 0.15) is 17.1 Å². The van der Waals surface area contributed by atoms with Gasteiger partial charge in [-0.15, -0.1) is 0 Å². The summed E-state index contributed by atoms with van der Waals surface area (Å²) in [5.74, 6) is 1.80. The Morgan fingerprint density at radius 3 is 2.07 bits per heavy atom. The van der Waals surface area contributed by atoms with Gasteiger partial charge in [-0.05, 0) is 56.6 Å². The van der Waals surface area contributed by atoms with Gasteiger partial charge in [0, 0.05) is 0 Å². The van der Waals surface area contributed by atoms with Crippen LogP contribution in [0.4, 0.5) is 0 Å². The van der Waals surface area contributed by atoms with Crippen LogP contribution in [0.3, 0.4) is 0 Å². The molecule has 166 valence electrons. The van der Waals surface area contributed by atoms with E-state index in [1.54, 1.807) is 14.2 Å². The monoisotopic (exact) mass is 422 g/mol. The second kappa shape index (κ2) is 13.3. The van der Waals surface area contributed by atoms with E-state index in [0.717, 1.165) is 25.2 Å². The summed E-state index contributed by atoms with van der Waals surface area (Å²) in [4.78, 5) is 13.6. The largest absolute Gasteiger partial charge is 0.496 e. The molecule has 2 unspecified atom stereocenters. The average molecular weight is 423 g/mol. The Kier molecular flexibility index (Phi) is 11.9. The fraction of sp³-hybridized carbons (Fsp3) is 0.720. The minimum absolute atomic E-state index is 0.239. The maximum atomic E-state index is 13.6. The van der Waals surface area contributed by atoms with Crippen molar-refractivity contribution in [1.82, 2.24) is 0 Å². The van der Waals surface area contributed by atoms with Gasteiger partial charge < -0.3 is 9.47 Å². The quantitative estimate of drug-likeness (QED) is 0.227. The van der Waals surface area contributed by atoms with E-state index in [2.05, 4.69) is 34.6 Å². The molecule has 0 amide bonds. The molecule has 0 aliphatic heterocycles. The molecule has 3 nitrogen and oxygen atoms in total. The van der Waals surface area contributed by atoms with E-state index >= 15 is 0 Å². The highest BCUT2D eigenvalue weighted by molar-refractivity contribution is 7.75. The van der Waals surface area contributed by atoms with Crippen molar-refractivity contribution in [3.63, 3.8) is 0 Å². The van der Waals surface area contributed by atoms with Crippen LogP contribution < -0.4 is 9.47 Å². The predicted octanol–water partition coefficient (Wildman–Crippen LogP) is 7.76. The van der Waals surface area contributed by atoms with Crippen LogP contribution in [0, 0.1) is 11.3 Å².